The van der Waals surface area contributed by atoms with Gasteiger partial charge >= 0.3 is 5.97 Å². The number of carbonyl (C=O) groups is 1. The molecule has 0 spiro atoms. The molecular formula is C13H14N2O3. The van der Waals surface area contributed by atoms with E-state index >= 15 is 0 Å². The maximum absolute atomic E-state index is 11.5. The van der Waals surface area contributed by atoms with E-state index in [2.05, 4.69) is 9.97 Å². The number of hydrogen-bond acceptors (Lipinski definition) is 4. The van der Waals surface area contributed by atoms with Gasteiger partial charge in [-0.2, -0.15) is 0 Å². The molecule has 2 aromatic rings. The molecule has 0 atom stereocenters. The number of aromatic amines is 1. The van der Waals surface area contributed by atoms with Crippen LogP contribution >= 0.6 is 0 Å². The van der Waals surface area contributed by atoms with E-state index in [1.54, 1.807) is 20.2 Å². The summed E-state index contributed by atoms with van der Waals surface area (Å²) in [7, 11) is 1.61. The Balaban J connectivity index is 2.26. The van der Waals surface area contributed by atoms with Crippen LogP contribution in [0.15, 0.2) is 30.5 Å². The number of hydrogen-bond donors (Lipinski definition) is 1. The van der Waals surface area contributed by atoms with Crippen molar-refractivity contribution in [2.75, 3.05) is 13.7 Å². The molecule has 0 radical (unpaired) electrons. The number of rotatable bonds is 4. The number of nitrogens with one attached hydrogen (secondary N) is 1. The number of ether oxygens (including phenoxy) is 2. The Morgan fingerprint density at radius 2 is 2.28 bits per heavy atom. The normalized spacial score (nSPS) is 10.1. The molecule has 0 bridgehead atoms. The monoisotopic (exact) mass is 246 g/mol. The number of esters is 1. The molecule has 0 aliphatic heterocycles. The van der Waals surface area contributed by atoms with Crippen LogP contribution in [0.4, 0.5) is 0 Å². The molecule has 0 saturated heterocycles. The summed E-state index contributed by atoms with van der Waals surface area (Å²) < 4.78 is 10.0. The van der Waals surface area contributed by atoms with Crippen LogP contribution in [0, 0.1) is 0 Å². The smallest absolute Gasteiger partial charge is 0.374 e. The minimum atomic E-state index is -0.452. The number of benzene rings is 1. The average Bonchev–Trinajstić information content (AvgIpc) is 2.89. The zero-order chi connectivity index (χ0) is 13.0. The van der Waals surface area contributed by atoms with Crippen molar-refractivity contribution < 1.29 is 14.3 Å². The number of imidazole rings is 1. The maximum Gasteiger partial charge on any atom is 0.374 e. The van der Waals surface area contributed by atoms with Gasteiger partial charge in [-0.1, -0.05) is 12.1 Å². The van der Waals surface area contributed by atoms with Crippen molar-refractivity contribution in [3.63, 3.8) is 0 Å². The fraction of sp³-hybridized carbons (Fsp3) is 0.231. The Morgan fingerprint density at radius 3 is 3.00 bits per heavy atom. The molecule has 1 aromatic carbocycles. The molecule has 0 unspecified atom stereocenters. The second-order valence-electron chi connectivity index (χ2n) is 3.60. The van der Waals surface area contributed by atoms with E-state index < -0.39 is 5.97 Å². The summed E-state index contributed by atoms with van der Waals surface area (Å²) >= 11 is 0. The number of carbonyl (C=O) groups excluding carboxylic acids is 1. The molecule has 1 aromatic heterocycles. The van der Waals surface area contributed by atoms with Crippen LogP contribution in [0.5, 0.6) is 5.75 Å². The lowest BCUT2D eigenvalue weighted by Gasteiger charge is -2.02. The molecule has 1 heterocycles. The van der Waals surface area contributed by atoms with Crippen LogP contribution < -0.4 is 4.74 Å². The van der Waals surface area contributed by atoms with Gasteiger partial charge in [0.1, 0.15) is 5.75 Å². The fourth-order valence-electron chi connectivity index (χ4n) is 1.56. The lowest BCUT2D eigenvalue weighted by molar-refractivity contribution is 0.0513. The first-order valence-electron chi connectivity index (χ1n) is 5.61. The summed E-state index contributed by atoms with van der Waals surface area (Å²) in [6, 6.07) is 7.50. The van der Waals surface area contributed by atoms with Crippen molar-refractivity contribution in [3.8, 4) is 17.0 Å². The third-order valence-electron chi connectivity index (χ3n) is 2.43. The molecule has 0 amide bonds. The summed E-state index contributed by atoms with van der Waals surface area (Å²) in [6.45, 7) is 2.08. The Morgan fingerprint density at radius 1 is 1.44 bits per heavy atom. The van der Waals surface area contributed by atoms with Crippen LogP contribution in [0.3, 0.4) is 0 Å². The van der Waals surface area contributed by atoms with Gasteiger partial charge < -0.3 is 14.5 Å². The number of methoxy groups -OCH3 is 1. The Hall–Kier alpha value is -2.30. The SMILES string of the molecule is CCOC(=O)c1ncc(-c2cccc(OC)c2)[nH]1. The second-order valence-corrected chi connectivity index (χ2v) is 3.60. The van der Waals surface area contributed by atoms with Crippen LogP contribution in [-0.2, 0) is 4.74 Å². The van der Waals surface area contributed by atoms with Crippen LogP contribution in [0.2, 0.25) is 0 Å². The molecule has 5 nitrogen and oxygen atoms in total. The van der Waals surface area contributed by atoms with Gasteiger partial charge in [0.05, 0.1) is 25.6 Å². The van der Waals surface area contributed by atoms with Crippen molar-refractivity contribution in [1.82, 2.24) is 9.97 Å². The third-order valence-corrected chi connectivity index (χ3v) is 2.43. The van der Waals surface area contributed by atoms with E-state index in [9.17, 15) is 4.79 Å². The quantitative estimate of drug-likeness (QED) is 0.840. The Kier molecular flexibility index (Phi) is 3.62. The summed E-state index contributed by atoms with van der Waals surface area (Å²) in [6.07, 6.45) is 1.60. The highest BCUT2D eigenvalue weighted by Gasteiger charge is 2.12. The molecule has 18 heavy (non-hydrogen) atoms. The standard InChI is InChI=1S/C13H14N2O3/c1-3-18-13(16)12-14-8-11(15-12)9-5-4-6-10(7-9)17-2/h4-8H,3H2,1-2H3,(H,14,15). The summed E-state index contributed by atoms with van der Waals surface area (Å²) in [5, 5.41) is 0. The van der Waals surface area contributed by atoms with Crippen molar-refractivity contribution in [3.05, 3.63) is 36.3 Å². The summed E-state index contributed by atoms with van der Waals surface area (Å²) in [4.78, 5) is 18.4. The second kappa shape index (κ2) is 5.35. The van der Waals surface area contributed by atoms with Crippen molar-refractivity contribution in [2.45, 2.75) is 6.92 Å². The lowest BCUT2D eigenvalue weighted by Crippen LogP contribution is -2.06. The molecule has 94 valence electrons. The molecule has 1 N–H and O–H groups in total. The predicted octanol–water partition coefficient (Wildman–Crippen LogP) is 2.26. The van der Waals surface area contributed by atoms with Gasteiger partial charge in [0.2, 0.25) is 5.82 Å². The highest BCUT2D eigenvalue weighted by atomic mass is 16.5. The molecule has 2 rings (SSSR count). The van der Waals surface area contributed by atoms with Crippen molar-refractivity contribution in [1.29, 1.82) is 0 Å². The highest BCUT2D eigenvalue weighted by molar-refractivity contribution is 5.86. The highest BCUT2D eigenvalue weighted by Crippen LogP contribution is 2.22. The molecular weight excluding hydrogens is 232 g/mol. The van der Waals surface area contributed by atoms with Crippen molar-refractivity contribution in [2.24, 2.45) is 0 Å². The van der Waals surface area contributed by atoms with E-state index in [1.807, 2.05) is 24.3 Å². The minimum absolute atomic E-state index is 0.203. The molecule has 0 aliphatic rings. The first-order valence-corrected chi connectivity index (χ1v) is 5.61. The fourth-order valence-corrected chi connectivity index (χ4v) is 1.56. The first kappa shape index (κ1) is 12.2. The molecule has 0 fully saturated rings. The van der Waals surface area contributed by atoms with E-state index in [1.165, 1.54) is 0 Å². The molecule has 0 aliphatic carbocycles. The number of nitrogens with zero attached hydrogens (tertiary/aromatic N) is 1. The van der Waals surface area contributed by atoms with Gasteiger partial charge in [0.25, 0.3) is 0 Å². The first-order chi connectivity index (χ1) is 8.74. The van der Waals surface area contributed by atoms with Gasteiger partial charge in [-0.3, -0.25) is 0 Å². The molecule has 0 saturated carbocycles. The maximum atomic E-state index is 11.5. The third kappa shape index (κ3) is 2.51. The van der Waals surface area contributed by atoms with Crippen molar-refractivity contribution >= 4 is 5.97 Å². The van der Waals surface area contributed by atoms with Gasteiger partial charge in [-0.25, -0.2) is 9.78 Å². The van der Waals surface area contributed by atoms with E-state index in [0.717, 1.165) is 17.0 Å². The van der Waals surface area contributed by atoms with E-state index in [0.29, 0.717) is 6.61 Å². The van der Waals surface area contributed by atoms with E-state index in [-0.39, 0.29) is 5.82 Å². The zero-order valence-corrected chi connectivity index (χ0v) is 10.3. The Bertz CT molecular complexity index is 549. The summed E-state index contributed by atoms with van der Waals surface area (Å²) in [5.74, 6) is 0.501. The zero-order valence-electron chi connectivity index (χ0n) is 10.3. The van der Waals surface area contributed by atoms with Crippen LogP contribution in [0.1, 0.15) is 17.5 Å². The summed E-state index contributed by atoms with van der Waals surface area (Å²) in [5.41, 5.74) is 1.65. The number of H-pyrrole nitrogens is 1. The lowest BCUT2D eigenvalue weighted by atomic mass is 10.1. The topological polar surface area (TPSA) is 64.2 Å². The van der Waals surface area contributed by atoms with Crippen LogP contribution in [0.25, 0.3) is 11.3 Å². The Labute approximate surface area is 105 Å². The minimum Gasteiger partial charge on any atom is -0.497 e. The molecule has 5 heteroatoms. The van der Waals surface area contributed by atoms with Gasteiger partial charge in [0.15, 0.2) is 0 Å². The van der Waals surface area contributed by atoms with Gasteiger partial charge in [-0.15, -0.1) is 0 Å². The van der Waals surface area contributed by atoms with Crippen LogP contribution in [-0.4, -0.2) is 29.7 Å². The van der Waals surface area contributed by atoms with E-state index in [4.69, 9.17) is 9.47 Å². The largest absolute Gasteiger partial charge is 0.497 e. The average molecular weight is 246 g/mol. The van der Waals surface area contributed by atoms with Gasteiger partial charge in [-0.05, 0) is 19.1 Å². The number of aromatic nitrogens is 2. The predicted molar refractivity (Wildman–Crippen MR) is 66.5 cm³/mol. The van der Waals surface area contributed by atoms with Gasteiger partial charge in [0, 0.05) is 5.56 Å².